The Morgan fingerprint density at radius 1 is 1.10 bits per heavy atom. The Bertz CT molecular complexity index is 569. The molecular formula is C18H22ClNO. The summed E-state index contributed by atoms with van der Waals surface area (Å²) in [5.41, 5.74) is 2.25. The van der Waals surface area contributed by atoms with Crippen molar-refractivity contribution < 1.29 is 4.74 Å². The lowest BCUT2D eigenvalue weighted by molar-refractivity contribution is 0.197. The molecule has 0 saturated heterocycles. The highest BCUT2D eigenvalue weighted by atomic mass is 35.5. The van der Waals surface area contributed by atoms with Crippen LogP contribution in [0.1, 0.15) is 31.1 Å². The Morgan fingerprint density at radius 2 is 1.81 bits per heavy atom. The van der Waals surface area contributed by atoms with Gasteiger partial charge in [-0.3, -0.25) is 0 Å². The molecule has 2 aromatic carbocycles. The highest BCUT2D eigenvalue weighted by molar-refractivity contribution is 6.30. The maximum atomic E-state index is 6.22. The second kappa shape index (κ2) is 7.48. The Morgan fingerprint density at radius 3 is 2.48 bits per heavy atom. The summed E-state index contributed by atoms with van der Waals surface area (Å²) in [4.78, 5) is 0. The molecule has 0 fully saturated rings. The Labute approximate surface area is 132 Å². The van der Waals surface area contributed by atoms with E-state index in [-0.39, 0.29) is 6.10 Å². The molecule has 2 nitrogen and oxygen atoms in total. The van der Waals surface area contributed by atoms with Gasteiger partial charge in [-0.1, -0.05) is 61.8 Å². The lowest BCUT2D eigenvalue weighted by Crippen LogP contribution is -2.30. The van der Waals surface area contributed by atoms with Gasteiger partial charge in [-0.25, -0.2) is 0 Å². The molecule has 0 aliphatic heterocycles. The molecule has 1 unspecified atom stereocenters. The summed E-state index contributed by atoms with van der Waals surface area (Å²) in [7, 11) is 0. The zero-order chi connectivity index (χ0) is 15.2. The lowest BCUT2D eigenvalue weighted by Gasteiger charge is -2.22. The number of benzene rings is 2. The third kappa shape index (κ3) is 4.76. The topological polar surface area (TPSA) is 21.3 Å². The second-order valence-electron chi connectivity index (χ2n) is 5.49. The highest BCUT2D eigenvalue weighted by Crippen LogP contribution is 2.27. The highest BCUT2D eigenvalue weighted by Gasteiger charge is 2.15. The summed E-state index contributed by atoms with van der Waals surface area (Å²) in [6, 6.07) is 16.4. The number of rotatable bonds is 6. The van der Waals surface area contributed by atoms with Crippen LogP contribution >= 0.6 is 11.6 Å². The van der Waals surface area contributed by atoms with Crippen LogP contribution in [0.3, 0.4) is 0 Å². The van der Waals surface area contributed by atoms with Crippen LogP contribution < -0.4 is 10.1 Å². The first-order valence-electron chi connectivity index (χ1n) is 7.27. The summed E-state index contributed by atoms with van der Waals surface area (Å²) < 4.78 is 6.22. The van der Waals surface area contributed by atoms with Gasteiger partial charge in [0.05, 0.1) is 0 Å². The number of hydrogen-bond donors (Lipinski definition) is 1. The summed E-state index contributed by atoms with van der Waals surface area (Å²) in [5.74, 6) is 0.835. The van der Waals surface area contributed by atoms with Gasteiger partial charge in [0.1, 0.15) is 11.9 Å². The largest absolute Gasteiger partial charge is 0.484 e. The summed E-state index contributed by atoms with van der Waals surface area (Å²) in [5, 5.41) is 4.13. The predicted octanol–water partition coefficient (Wildman–Crippen LogP) is 4.77. The molecule has 112 valence electrons. The molecule has 2 rings (SSSR count). The average molecular weight is 304 g/mol. The van der Waals surface area contributed by atoms with Crippen molar-refractivity contribution in [3.8, 4) is 5.75 Å². The van der Waals surface area contributed by atoms with Crippen LogP contribution in [0.15, 0.2) is 48.5 Å². The van der Waals surface area contributed by atoms with Gasteiger partial charge in [0, 0.05) is 17.6 Å². The van der Waals surface area contributed by atoms with E-state index in [1.807, 2.05) is 43.3 Å². The van der Waals surface area contributed by atoms with Gasteiger partial charge in [-0.2, -0.15) is 0 Å². The van der Waals surface area contributed by atoms with Crippen molar-refractivity contribution in [1.82, 2.24) is 5.32 Å². The van der Waals surface area contributed by atoms with Crippen LogP contribution in [0, 0.1) is 6.92 Å². The number of nitrogens with one attached hydrogen (secondary N) is 1. The molecule has 0 heterocycles. The maximum absolute atomic E-state index is 6.22. The van der Waals surface area contributed by atoms with Crippen LogP contribution in [-0.4, -0.2) is 12.6 Å². The van der Waals surface area contributed by atoms with Crippen molar-refractivity contribution in [3.05, 3.63) is 64.7 Å². The van der Waals surface area contributed by atoms with Crippen LogP contribution in [0.2, 0.25) is 5.02 Å². The molecule has 0 amide bonds. The third-order valence-electron chi connectivity index (χ3n) is 3.30. The Kier molecular flexibility index (Phi) is 5.66. The lowest BCUT2D eigenvalue weighted by atomic mass is 10.1. The van der Waals surface area contributed by atoms with Crippen molar-refractivity contribution in [2.45, 2.75) is 32.9 Å². The predicted molar refractivity (Wildman–Crippen MR) is 89.1 cm³/mol. The zero-order valence-electron chi connectivity index (χ0n) is 12.8. The minimum absolute atomic E-state index is 0.0363. The molecule has 3 heteroatoms. The van der Waals surface area contributed by atoms with Gasteiger partial charge in [0.25, 0.3) is 0 Å². The monoisotopic (exact) mass is 303 g/mol. The van der Waals surface area contributed by atoms with Gasteiger partial charge in [0.15, 0.2) is 0 Å². The molecule has 21 heavy (non-hydrogen) atoms. The summed E-state index contributed by atoms with van der Waals surface area (Å²) in [6.45, 7) is 7.05. The van der Waals surface area contributed by atoms with E-state index in [4.69, 9.17) is 16.3 Å². The van der Waals surface area contributed by atoms with Crippen molar-refractivity contribution in [1.29, 1.82) is 0 Å². The number of aryl methyl sites for hydroxylation is 1. The van der Waals surface area contributed by atoms with Crippen LogP contribution in [0.5, 0.6) is 5.75 Å². The molecule has 1 atom stereocenters. The molecule has 0 aliphatic rings. The van der Waals surface area contributed by atoms with Crippen molar-refractivity contribution in [2.24, 2.45) is 0 Å². The van der Waals surface area contributed by atoms with Crippen LogP contribution in [-0.2, 0) is 0 Å². The number of halogens is 1. The standard InChI is InChI=1S/C18H22ClNO/c1-13(2)20-12-18(15-7-5-4-6-8-15)21-17-11-16(19)10-9-14(17)3/h4-11,13,18,20H,12H2,1-3H3. The fourth-order valence-corrected chi connectivity index (χ4v) is 2.25. The van der Waals surface area contributed by atoms with Crippen LogP contribution in [0.25, 0.3) is 0 Å². The van der Waals surface area contributed by atoms with Gasteiger partial charge in [-0.15, -0.1) is 0 Å². The smallest absolute Gasteiger partial charge is 0.136 e. The molecule has 0 spiro atoms. The number of hydrogen-bond acceptors (Lipinski definition) is 2. The minimum atomic E-state index is -0.0363. The van der Waals surface area contributed by atoms with Crippen LogP contribution in [0.4, 0.5) is 0 Å². The fourth-order valence-electron chi connectivity index (χ4n) is 2.09. The van der Waals surface area contributed by atoms with Crippen molar-refractivity contribution >= 4 is 11.6 Å². The van der Waals surface area contributed by atoms with E-state index in [1.165, 1.54) is 0 Å². The fraction of sp³-hybridized carbons (Fsp3) is 0.333. The normalized spacial score (nSPS) is 12.4. The molecular weight excluding hydrogens is 282 g/mol. The molecule has 1 N–H and O–H groups in total. The first-order valence-corrected chi connectivity index (χ1v) is 7.65. The number of ether oxygens (including phenoxy) is 1. The van der Waals surface area contributed by atoms with E-state index in [2.05, 4.69) is 31.3 Å². The van der Waals surface area contributed by atoms with Crippen molar-refractivity contribution in [2.75, 3.05) is 6.54 Å². The molecule has 0 bridgehead atoms. The maximum Gasteiger partial charge on any atom is 0.136 e. The molecule has 0 aliphatic carbocycles. The molecule has 0 saturated carbocycles. The molecule has 0 radical (unpaired) electrons. The van der Waals surface area contributed by atoms with Gasteiger partial charge < -0.3 is 10.1 Å². The van der Waals surface area contributed by atoms with Gasteiger partial charge in [-0.05, 0) is 30.2 Å². The average Bonchev–Trinajstić information content (AvgIpc) is 2.47. The summed E-state index contributed by atoms with van der Waals surface area (Å²) >= 11 is 6.08. The molecule has 2 aromatic rings. The SMILES string of the molecule is Cc1ccc(Cl)cc1OC(CNC(C)C)c1ccccc1. The first-order chi connectivity index (χ1) is 10.1. The molecule has 0 aromatic heterocycles. The first kappa shape index (κ1) is 15.9. The summed E-state index contributed by atoms with van der Waals surface area (Å²) in [6.07, 6.45) is -0.0363. The van der Waals surface area contributed by atoms with E-state index >= 15 is 0 Å². The Hall–Kier alpha value is -1.51. The van der Waals surface area contributed by atoms with Crippen molar-refractivity contribution in [3.63, 3.8) is 0 Å². The second-order valence-corrected chi connectivity index (χ2v) is 5.93. The van der Waals surface area contributed by atoms with E-state index in [9.17, 15) is 0 Å². The zero-order valence-corrected chi connectivity index (χ0v) is 13.5. The third-order valence-corrected chi connectivity index (χ3v) is 3.54. The van der Waals surface area contributed by atoms with E-state index in [0.717, 1.165) is 23.4 Å². The van der Waals surface area contributed by atoms with E-state index in [1.54, 1.807) is 0 Å². The van der Waals surface area contributed by atoms with E-state index < -0.39 is 0 Å². The van der Waals surface area contributed by atoms with Gasteiger partial charge in [0.2, 0.25) is 0 Å². The van der Waals surface area contributed by atoms with E-state index in [0.29, 0.717) is 11.1 Å². The minimum Gasteiger partial charge on any atom is -0.484 e. The Balaban J connectivity index is 2.21. The van der Waals surface area contributed by atoms with Gasteiger partial charge >= 0.3 is 0 Å². The quantitative estimate of drug-likeness (QED) is 0.830.